The van der Waals surface area contributed by atoms with Crippen LogP contribution in [0.2, 0.25) is 0 Å². The first-order chi connectivity index (χ1) is 7.50. The number of carbonyl (C=O) groups is 2. The Hall–Kier alpha value is -1.88. The van der Waals surface area contributed by atoms with E-state index in [9.17, 15) is 14.7 Å². The molecular formula is C11H12O5. The minimum Gasteiger partial charge on any atom is -0.481 e. The molecule has 1 rings (SSSR count). The number of carboxylic acids is 1. The third-order valence-corrected chi connectivity index (χ3v) is 2.18. The maximum absolute atomic E-state index is 11.4. The summed E-state index contributed by atoms with van der Waals surface area (Å²) in [7, 11) is 1.10. The van der Waals surface area contributed by atoms with Crippen LogP contribution in [0.4, 0.5) is 0 Å². The van der Waals surface area contributed by atoms with Crippen LogP contribution in [-0.4, -0.2) is 29.3 Å². The zero-order chi connectivity index (χ0) is 12.2. The Bertz CT molecular complexity index is 387. The van der Waals surface area contributed by atoms with Crippen molar-refractivity contribution in [3.05, 3.63) is 35.9 Å². The Balaban J connectivity index is 3.14. The third-order valence-electron chi connectivity index (χ3n) is 2.18. The maximum Gasteiger partial charge on any atom is 0.343 e. The fourth-order valence-electron chi connectivity index (χ4n) is 1.39. The van der Waals surface area contributed by atoms with Crippen LogP contribution in [0.1, 0.15) is 12.0 Å². The number of ether oxygens (including phenoxy) is 1. The van der Waals surface area contributed by atoms with Gasteiger partial charge in [0.05, 0.1) is 13.5 Å². The number of aliphatic carboxylic acids is 1. The van der Waals surface area contributed by atoms with E-state index in [4.69, 9.17) is 5.11 Å². The van der Waals surface area contributed by atoms with Crippen molar-refractivity contribution in [2.24, 2.45) is 0 Å². The molecule has 0 radical (unpaired) electrons. The second kappa shape index (κ2) is 4.76. The average Bonchev–Trinajstić information content (AvgIpc) is 2.28. The summed E-state index contributed by atoms with van der Waals surface area (Å²) in [4.78, 5) is 22.1. The van der Waals surface area contributed by atoms with E-state index in [0.29, 0.717) is 0 Å². The van der Waals surface area contributed by atoms with Crippen LogP contribution in [0.3, 0.4) is 0 Å². The first-order valence-electron chi connectivity index (χ1n) is 4.59. The van der Waals surface area contributed by atoms with Gasteiger partial charge in [0.25, 0.3) is 0 Å². The second-order valence-electron chi connectivity index (χ2n) is 3.29. The van der Waals surface area contributed by atoms with Gasteiger partial charge in [-0.2, -0.15) is 0 Å². The van der Waals surface area contributed by atoms with E-state index in [1.165, 1.54) is 12.1 Å². The standard InChI is InChI=1S/C11H12O5/c1-16-10(14)11(15,7-9(12)13)8-5-3-2-4-6-8/h2-6,15H,7H2,1H3,(H,12,13). The van der Waals surface area contributed by atoms with Crippen molar-refractivity contribution in [1.29, 1.82) is 0 Å². The Morgan fingerprint density at radius 3 is 2.31 bits per heavy atom. The quantitative estimate of drug-likeness (QED) is 0.728. The monoisotopic (exact) mass is 224 g/mol. The Morgan fingerprint density at radius 1 is 1.31 bits per heavy atom. The minimum atomic E-state index is -2.14. The van der Waals surface area contributed by atoms with Crippen LogP contribution in [0.25, 0.3) is 0 Å². The summed E-state index contributed by atoms with van der Waals surface area (Å²) in [6, 6.07) is 7.85. The summed E-state index contributed by atoms with van der Waals surface area (Å²) in [5, 5.41) is 18.8. The first kappa shape index (κ1) is 12.2. The highest BCUT2D eigenvalue weighted by Gasteiger charge is 2.41. The number of hydrogen-bond acceptors (Lipinski definition) is 4. The van der Waals surface area contributed by atoms with Crippen molar-refractivity contribution in [3.63, 3.8) is 0 Å². The summed E-state index contributed by atoms with van der Waals surface area (Å²) in [5.74, 6) is -2.27. The lowest BCUT2D eigenvalue weighted by molar-refractivity contribution is -0.169. The highest BCUT2D eigenvalue weighted by atomic mass is 16.5. The first-order valence-corrected chi connectivity index (χ1v) is 4.59. The van der Waals surface area contributed by atoms with Gasteiger partial charge in [-0.15, -0.1) is 0 Å². The zero-order valence-corrected chi connectivity index (χ0v) is 8.71. The third kappa shape index (κ3) is 2.38. The normalized spacial score (nSPS) is 13.9. The largest absolute Gasteiger partial charge is 0.481 e. The molecule has 1 aromatic rings. The molecule has 16 heavy (non-hydrogen) atoms. The molecule has 0 aromatic heterocycles. The van der Waals surface area contributed by atoms with Crippen molar-refractivity contribution in [2.75, 3.05) is 7.11 Å². The van der Waals surface area contributed by atoms with Gasteiger partial charge in [0, 0.05) is 0 Å². The lowest BCUT2D eigenvalue weighted by Crippen LogP contribution is -2.38. The number of esters is 1. The predicted octanol–water partition coefficient (Wildman–Crippen LogP) is 0.522. The van der Waals surface area contributed by atoms with E-state index in [1.54, 1.807) is 18.2 Å². The van der Waals surface area contributed by atoms with E-state index in [2.05, 4.69) is 4.74 Å². The maximum atomic E-state index is 11.4. The molecule has 2 N–H and O–H groups in total. The molecule has 86 valence electrons. The van der Waals surface area contributed by atoms with Crippen LogP contribution < -0.4 is 0 Å². The zero-order valence-electron chi connectivity index (χ0n) is 8.71. The number of benzene rings is 1. The van der Waals surface area contributed by atoms with Gasteiger partial charge >= 0.3 is 11.9 Å². The second-order valence-corrected chi connectivity index (χ2v) is 3.29. The number of hydrogen-bond donors (Lipinski definition) is 2. The number of methoxy groups -OCH3 is 1. The topological polar surface area (TPSA) is 83.8 Å². The van der Waals surface area contributed by atoms with E-state index < -0.39 is 24.0 Å². The summed E-state index contributed by atoms with van der Waals surface area (Å²) in [6.07, 6.45) is -0.732. The summed E-state index contributed by atoms with van der Waals surface area (Å²) in [6.45, 7) is 0. The average molecular weight is 224 g/mol. The molecule has 0 fully saturated rings. The van der Waals surface area contributed by atoms with Crippen molar-refractivity contribution < 1.29 is 24.5 Å². The molecule has 0 saturated heterocycles. The van der Waals surface area contributed by atoms with Gasteiger partial charge < -0.3 is 14.9 Å². The van der Waals surface area contributed by atoms with Gasteiger partial charge in [-0.3, -0.25) is 4.79 Å². The van der Waals surface area contributed by atoms with Crippen LogP contribution in [0, 0.1) is 0 Å². The number of rotatable bonds is 4. The lowest BCUT2D eigenvalue weighted by Gasteiger charge is -2.23. The van der Waals surface area contributed by atoms with Crippen LogP contribution in [-0.2, 0) is 19.9 Å². The minimum absolute atomic E-state index is 0.198. The number of carbonyl (C=O) groups excluding carboxylic acids is 1. The Kier molecular flexibility index (Phi) is 3.63. The molecule has 1 atom stereocenters. The molecule has 0 aliphatic rings. The molecule has 0 aliphatic heterocycles. The van der Waals surface area contributed by atoms with Crippen LogP contribution >= 0.6 is 0 Å². The van der Waals surface area contributed by atoms with Gasteiger partial charge in [-0.25, -0.2) is 4.79 Å². The van der Waals surface area contributed by atoms with Gasteiger partial charge in [-0.05, 0) is 5.56 Å². The van der Waals surface area contributed by atoms with E-state index >= 15 is 0 Å². The molecule has 5 nitrogen and oxygen atoms in total. The highest BCUT2D eigenvalue weighted by Crippen LogP contribution is 2.26. The molecule has 0 amide bonds. The molecule has 0 bridgehead atoms. The van der Waals surface area contributed by atoms with Gasteiger partial charge in [-0.1, -0.05) is 30.3 Å². The SMILES string of the molecule is COC(=O)C(O)(CC(=O)O)c1ccccc1. The Labute approximate surface area is 92.3 Å². The Morgan fingerprint density at radius 2 is 1.88 bits per heavy atom. The number of carboxylic acid groups (broad SMARTS) is 1. The van der Waals surface area contributed by atoms with Crippen molar-refractivity contribution >= 4 is 11.9 Å². The molecule has 1 aromatic carbocycles. The van der Waals surface area contributed by atoms with Crippen LogP contribution in [0.15, 0.2) is 30.3 Å². The molecule has 0 saturated carbocycles. The van der Waals surface area contributed by atoms with Crippen molar-refractivity contribution in [1.82, 2.24) is 0 Å². The molecule has 1 unspecified atom stereocenters. The molecule has 0 aliphatic carbocycles. The molecular weight excluding hydrogens is 212 g/mol. The predicted molar refractivity (Wildman–Crippen MR) is 54.6 cm³/mol. The highest BCUT2D eigenvalue weighted by molar-refractivity contribution is 5.86. The van der Waals surface area contributed by atoms with E-state index in [-0.39, 0.29) is 5.56 Å². The smallest absolute Gasteiger partial charge is 0.343 e. The lowest BCUT2D eigenvalue weighted by atomic mass is 9.90. The van der Waals surface area contributed by atoms with E-state index in [1.807, 2.05) is 0 Å². The van der Waals surface area contributed by atoms with Gasteiger partial charge in [0.15, 0.2) is 5.60 Å². The molecule has 0 spiro atoms. The summed E-state index contributed by atoms with van der Waals surface area (Å²) >= 11 is 0. The van der Waals surface area contributed by atoms with E-state index in [0.717, 1.165) is 7.11 Å². The number of aliphatic hydroxyl groups is 1. The molecule has 0 heterocycles. The van der Waals surface area contributed by atoms with Crippen LogP contribution in [0.5, 0.6) is 0 Å². The summed E-state index contributed by atoms with van der Waals surface area (Å²) < 4.78 is 4.42. The fourth-order valence-corrected chi connectivity index (χ4v) is 1.39. The van der Waals surface area contributed by atoms with Crippen molar-refractivity contribution in [2.45, 2.75) is 12.0 Å². The molecule has 5 heteroatoms. The fraction of sp³-hybridized carbons (Fsp3) is 0.273. The van der Waals surface area contributed by atoms with Gasteiger partial charge in [0.2, 0.25) is 0 Å². The van der Waals surface area contributed by atoms with Crippen molar-refractivity contribution in [3.8, 4) is 0 Å². The summed E-state index contributed by atoms with van der Waals surface area (Å²) in [5.41, 5.74) is -1.94. The van der Waals surface area contributed by atoms with Gasteiger partial charge in [0.1, 0.15) is 0 Å².